The first-order valence-electron chi connectivity index (χ1n) is 10.1. The van der Waals surface area contributed by atoms with E-state index in [1.54, 1.807) is 24.3 Å². The average Bonchev–Trinajstić information content (AvgIpc) is 3.42. The third-order valence-electron chi connectivity index (χ3n) is 6.50. The van der Waals surface area contributed by atoms with Crippen molar-refractivity contribution in [1.29, 1.82) is 0 Å². The van der Waals surface area contributed by atoms with Gasteiger partial charge in [0.1, 0.15) is 0 Å². The third-order valence-corrected chi connectivity index (χ3v) is 6.50. The molecule has 146 valence electrons. The van der Waals surface area contributed by atoms with Gasteiger partial charge in [-0.05, 0) is 60.6 Å². The Morgan fingerprint density at radius 3 is 2.21 bits per heavy atom. The fourth-order valence-electron chi connectivity index (χ4n) is 5.06. The van der Waals surface area contributed by atoms with Gasteiger partial charge in [0.05, 0.1) is 17.5 Å². The number of para-hydroxylation sites is 1. The molecule has 5 rings (SSSR count). The number of anilines is 2. The molecule has 0 unspecified atom stereocenters. The van der Waals surface area contributed by atoms with Crippen molar-refractivity contribution in [2.45, 2.75) is 19.8 Å². The van der Waals surface area contributed by atoms with Crippen LogP contribution in [0.15, 0.2) is 60.7 Å². The van der Waals surface area contributed by atoms with Gasteiger partial charge in [-0.15, -0.1) is 0 Å². The first-order valence-corrected chi connectivity index (χ1v) is 10.1. The second-order valence-electron chi connectivity index (χ2n) is 8.02. The molecule has 1 saturated carbocycles. The average molecular weight is 386 g/mol. The Morgan fingerprint density at radius 2 is 1.59 bits per heavy atom. The van der Waals surface area contributed by atoms with E-state index in [2.05, 4.69) is 17.5 Å². The molecule has 0 radical (unpaired) electrons. The second kappa shape index (κ2) is 6.69. The summed E-state index contributed by atoms with van der Waals surface area (Å²) in [6, 6.07) is 14.4. The van der Waals surface area contributed by atoms with Crippen LogP contribution in [-0.4, -0.2) is 17.7 Å². The number of benzene rings is 2. The van der Waals surface area contributed by atoms with Crippen LogP contribution in [0.5, 0.6) is 0 Å². The molecule has 2 fully saturated rings. The minimum absolute atomic E-state index is 0.106. The van der Waals surface area contributed by atoms with Crippen LogP contribution in [0.3, 0.4) is 0 Å². The lowest BCUT2D eigenvalue weighted by Gasteiger charge is -2.17. The number of amides is 3. The number of aryl methyl sites for hydroxylation is 1. The first kappa shape index (κ1) is 17.9. The molecular weight excluding hydrogens is 364 g/mol. The molecule has 0 aromatic heterocycles. The minimum Gasteiger partial charge on any atom is -0.322 e. The molecule has 29 heavy (non-hydrogen) atoms. The summed E-state index contributed by atoms with van der Waals surface area (Å²) in [5, 5.41) is 2.94. The zero-order valence-electron chi connectivity index (χ0n) is 16.2. The lowest BCUT2D eigenvalue weighted by Crippen LogP contribution is -2.32. The molecule has 3 amide bonds. The summed E-state index contributed by atoms with van der Waals surface area (Å²) in [4.78, 5) is 39.8. The van der Waals surface area contributed by atoms with E-state index in [4.69, 9.17) is 0 Å². The highest BCUT2D eigenvalue weighted by molar-refractivity contribution is 6.23. The van der Waals surface area contributed by atoms with E-state index in [0.29, 0.717) is 11.3 Å². The van der Waals surface area contributed by atoms with Crippen molar-refractivity contribution in [3.63, 3.8) is 0 Å². The molecular formula is C24H22N2O3. The highest BCUT2D eigenvalue weighted by Crippen LogP contribution is 2.53. The number of hydrogen-bond donors (Lipinski definition) is 1. The van der Waals surface area contributed by atoms with E-state index >= 15 is 0 Å². The van der Waals surface area contributed by atoms with Crippen molar-refractivity contribution in [2.24, 2.45) is 23.7 Å². The topological polar surface area (TPSA) is 66.5 Å². The lowest BCUT2D eigenvalue weighted by molar-refractivity contribution is -0.123. The van der Waals surface area contributed by atoms with Gasteiger partial charge in [0.15, 0.2) is 0 Å². The van der Waals surface area contributed by atoms with Crippen molar-refractivity contribution < 1.29 is 14.4 Å². The molecule has 2 bridgehead atoms. The van der Waals surface area contributed by atoms with Crippen molar-refractivity contribution in [3.8, 4) is 0 Å². The zero-order valence-corrected chi connectivity index (χ0v) is 16.2. The molecule has 0 spiro atoms. The Bertz CT molecular complexity index is 1010. The van der Waals surface area contributed by atoms with E-state index in [1.165, 1.54) is 4.90 Å². The molecule has 3 aliphatic rings. The van der Waals surface area contributed by atoms with Gasteiger partial charge in [-0.2, -0.15) is 0 Å². The van der Waals surface area contributed by atoms with E-state index < -0.39 is 0 Å². The van der Waals surface area contributed by atoms with E-state index in [1.807, 2.05) is 31.2 Å². The monoisotopic (exact) mass is 386 g/mol. The van der Waals surface area contributed by atoms with Crippen LogP contribution in [0.1, 0.15) is 29.3 Å². The summed E-state index contributed by atoms with van der Waals surface area (Å²) in [5.41, 5.74) is 2.89. The summed E-state index contributed by atoms with van der Waals surface area (Å²) >= 11 is 0. The van der Waals surface area contributed by atoms with Crippen LogP contribution < -0.4 is 10.2 Å². The van der Waals surface area contributed by atoms with Crippen molar-refractivity contribution >= 4 is 29.1 Å². The number of imide groups is 1. The van der Waals surface area contributed by atoms with Gasteiger partial charge in [0, 0.05) is 11.3 Å². The second-order valence-corrected chi connectivity index (χ2v) is 8.02. The van der Waals surface area contributed by atoms with Gasteiger partial charge in [-0.25, -0.2) is 0 Å². The highest BCUT2D eigenvalue weighted by atomic mass is 16.2. The maximum Gasteiger partial charge on any atom is 0.255 e. The predicted molar refractivity (Wildman–Crippen MR) is 110 cm³/mol. The smallest absolute Gasteiger partial charge is 0.255 e. The summed E-state index contributed by atoms with van der Waals surface area (Å²) in [7, 11) is 0. The maximum absolute atomic E-state index is 12.9. The highest BCUT2D eigenvalue weighted by Gasteiger charge is 2.59. The number of carbonyl (C=O) groups is 3. The molecule has 1 aliphatic heterocycles. The molecule has 1 saturated heterocycles. The molecule has 4 atom stereocenters. The van der Waals surface area contributed by atoms with E-state index in [-0.39, 0.29) is 41.4 Å². The summed E-state index contributed by atoms with van der Waals surface area (Å²) in [6.45, 7) is 2.04. The Balaban J connectivity index is 1.35. The fourth-order valence-corrected chi connectivity index (χ4v) is 5.06. The van der Waals surface area contributed by atoms with Gasteiger partial charge in [-0.1, -0.05) is 37.3 Å². The number of allylic oxidation sites excluding steroid dienone is 2. The molecule has 5 heteroatoms. The minimum atomic E-state index is -0.217. The number of fused-ring (bicyclic) bond motifs is 5. The summed E-state index contributed by atoms with van der Waals surface area (Å²) < 4.78 is 0. The number of nitrogens with zero attached hydrogens (tertiary/aromatic N) is 1. The number of rotatable bonds is 4. The van der Waals surface area contributed by atoms with Crippen LogP contribution in [0.25, 0.3) is 0 Å². The number of carbonyl (C=O) groups excluding carboxylic acids is 3. The Labute approximate surface area is 169 Å². The van der Waals surface area contributed by atoms with Gasteiger partial charge >= 0.3 is 0 Å². The molecule has 2 aromatic rings. The Kier molecular flexibility index (Phi) is 4.12. The summed E-state index contributed by atoms with van der Waals surface area (Å²) in [6.07, 6.45) is 5.91. The SMILES string of the molecule is CCc1ccccc1NC(=O)c1ccc(N2C(=O)[C@@H]3[C@@H](C2=O)[C@H]2C=C[C@@H]3C2)cc1. The fraction of sp³-hybridized carbons (Fsp3) is 0.292. The third kappa shape index (κ3) is 2.72. The van der Waals surface area contributed by atoms with Gasteiger partial charge in [0.25, 0.3) is 5.91 Å². The molecule has 2 aliphatic carbocycles. The van der Waals surface area contributed by atoms with Crippen LogP contribution in [0, 0.1) is 23.7 Å². The first-order chi connectivity index (χ1) is 14.1. The van der Waals surface area contributed by atoms with Crippen LogP contribution in [0.2, 0.25) is 0 Å². The predicted octanol–water partition coefficient (Wildman–Crippen LogP) is 3.81. The Morgan fingerprint density at radius 1 is 0.966 bits per heavy atom. The summed E-state index contributed by atoms with van der Waals surface area (Å²) in [5.74, 6) is -0.477. The van der Waals surface area contributed by atoms with E-state index in [0.717, 1.165) is 24.1 Å². The van der Waals surface area contributed by atoms with Crippen LogP contribution >= 0.6 is 0 Å². The van der Waals surface area contributed by atoms with Gasteiger partial charge in [0.2, 0.25) is 11.8 Å². The van der Waals surface area contributed by atoms with Crippen molar-refractivity contribution in [3.05, 3.63) is 71.8 Å². The zero-order chi connectivity index (χ0) is 20.1. The number of hydrogen-bond acceptors (Lipinski definition) is 3. The molecule has 5 nitrogen and oxygen atoms in total. The lowest BCUT2D eigenvalue weighted by atomic mass is 9.85. The standard InChI is InChI=1S/C24H22N2O3/c1-2-14-5-3-4-6-19(14)25-22(27)15-9-11-18(12-10-15)26-23(28)20-16-7-8-17(13-16)21(20)24(26)29/h3-12,16-17,20-21H,2,13H2,1H3,(H,25,27)/t16-,17+,20-,21-/m0/s1. The normalized spacial score (nSPS) is 26.9. The van der Waals surface area contributed by atoms with Crippen molar-refractivity contribution in [2.75, 3.05) is 10.2 Å². The molecule has 1 heterocycles. The largest absolute Gasteiger partial charge is 0.322 e. The quantitative estimate of drug-likeness (QED) is 0.642. The van der Waals surface area contributed by atoms with E-state index in [9.17, 15) is 14.4 Å². The van der Waals surface area contributed by atoms with Crippen LogP contribution in [-0.2, 0) is 16.0 Å². The van der Waals surface area contributed by atoms with Gasteiger partial charge in [-0.3, -0.25) is 19.3 Å². The maximum atomic E-state index is 12.9. The number of nitrogens with one attached hydrogen (secondary N) is 1. The van der Waals surface area contributed by atoms with Crippen LogP contribution in [0.4, 0.5) is 11.4 Å². The molecule has 1 N–H and O–H groups in total. The molecule has 2 aromatic carbocycles. The Hall–Kier alpha value is -3.21. The van der Waals surface area contributed by atoms with Gasteiger partial charge < -0.3 is 5.32 Å². The van der Waals surface area contributed by atoms with Crippen molar-refractivity contribution in [1.82, 2.24) is 0 Å².